The number of benzene rings is 2. The summed E-state index contributed by atoms with van der Waals surface area (Å²) < 4.78 is 18.4. The van der Waals surface area contributed by atoms with Gasteiger partial charge in [-0.1, -0.05) is 23.9 Å². The minimum Gasteiger partial charge on any atom is -0.497 e. The van der Waals surface area contributed by atoms with Crippen LogP contribution in [0.1, 0.15) is 5.56 Å². The third-order valence-electron chi connectivity index (χ3n) is 4.63. The molecule has 2 N–H and O–H groups in total. The molecule has 0 bridgehead atoms. The molecular weight excluding hydrogens is 403 g/mol. The Kier molecular flexibility index (Phi) is 5.67. The predicted octanol–water partition coefficient (Wildman–Crippen LogP) is 4.81. The number of carbonyl (C=O) groups excluding carboxylic acids is 1. The van der Waals surface area contributed by atoms with Crippen molar-refractivity contribution in [3.05, 3.63) is 66.4 Å². The number of H-pyrrole nitrogens is 1. The lowest BCUT2D eigenvalue weighted by molar-refractivity contribution is -0.113. The number of ether oxygens (including phenoxy) is 1. The molecule has 2 aromatic heterocycles. The summed E-state index contributed by atoms with van der Waals surface area (Å²) in [4.78, 5) is 24.3. The fourth-order valence-electron chi connectivity index (χ4n) is 3.10. The van der Waals surface area contributed by atoms with Gasteiger partial charge in [-0.15, -0.1) is 0 Å². The van der Waals surface area contributed by atoms with E-state index in [2.05, 4.69) is 20.3 Å². The van der Waals surface area contributed by atoms with E-state index in [-0.39, 0.29) is 17.5 Å². The first-order valence-electron chi connectivity index (χ1n) is 9.20. The van der Waals surface area contributed by atoms with E-state index < -0.39 is 0 Å². The van der Waals surface area contributed by atoms with Crippen molar-refractivity contribution in [3.8, 4) is 16.9 Å². The molecule has 8 heteroatoms. The molecule has 0 aliphatic rings. The molecule has 30 heavy (non-hydrogen) atoms. The molecule has 4 aromatic rings. The zero-order chi connectivity index (χ0) is 21.1. The number of carbonyl (C=O) groups is 1. The number of hydrogen-bond acceptors (Lipinski definition) is 5. The molecule has 0 fully saturated rings. The van der Waals surface area contributed by atoms with Gasteiger partial charge in [-0.25, -0.2) is 14.4 Å². The molecule has 0 atom stereocenters. The van der Waals surface area contributed by atoms with E-state index >= 15 is 0 Å². The standard InChI is InChI=1S/C22H19FN4O2S/c1-13-9-15(23)5-8-18(13)27-19(28)11-30-22-21-20(25-12-26-22)17(10-24-21)14-3-6-16(29-2)7-4-14/h3-10,12,24H,11H2,1-2H3,(H,27,28). The number of aryl methyl sites for hydroxylation is 1. The Morgan fingerprint density at radius 3 is 2.73 bits per heavy atom. The molecule has 1 amide bonds. The maximum absolute atomic E-state index is 13.2. The van der Waals surface area contributed by atoms with Gasteiger partial charge in [0, 0.05) is 17.4 Å². The van der Waals surface area contributed by atoms with Crippen molar-refractivity contribution in [2.75, 3.05) is 18.2 Å². The van der Waals surface area contributed by atoms with Crippen LogP contribution in [0.5, 0.6) is 5.75 Å². The van der Waals surface area contributed by atoms with Gasteiger partial charge in [0.1, 0.15) is 28.4 Å². The lowest BCUT2D eigenvalue weighted by atomic mass is 10.1. The molecule has 152 valence electrons. The van der Waals surface area contributed by atoms with Crippen LogP contribution in [-0.4, -0.2) is 33.7 Å². The molecule has 0 saturated heterocycles. The van der Waals surface area contributed by atoms with Crippen LogP contribution in [-0.2, 0) is 4.79 Å². The number of thioether (sulfide) groups is 1. The number of amides is 1. The summed E-state index contributed by atoms with van der Waals surface area (Å²) in [7, 11) is 1.63. The topological polar surface area (TPSA) is 79.9 Å². The van der Waals surface area contributed by atoms with E-state index in [9.17, 15) is 9.18 Å². The number of methoxy groups -OCH3 is 1. The van der Waals surface area contributed by atoms with E-state index in [0.29, 0.717) is 16.3 Å². The van der Waals surface area contributed by atoms with E-state index in [1.807, 2.05) is 30.5 Å². The number of aromatic amines is 1. The van der Waals surface area contributed by atoms with Gasteiger partial charge >= 0.3 is 0 Å². The summed E-state index contributed by atoms with van der Waals surface area (Å²) in [6.45, 7) is 1.75. The van der Waals surface area contributed by atoms with Gasteiger partial charge in [0.2, 0.25) is 5.91 Å². The smallest absolute Gasteiger partial charge is 0.234 e. The number of fused-ring (bicyclic) bond motifs is 1. The van der Waals surface area contributed by atoms with Crippen LogP contribution in [0.4, 0.5) is 10.1 Å². The number of nitrogens with one attached hydrogen (secondary N) is 2. The Morgan fingerprint density at radius 2 is 2.00 bits per heavy atom. The van der Waals surface area contributed by atoms with Crippen molar-refractivity contribution < 1.29 is 13.9 Å². The first-order chi connectivity index (χ1) is 14.5. The molecule has 0 radical (unpaired) electrons. The average molecular weight is 422 g/mol. The second-order valence-electron chi connectivity index (χ2n) is 6.63. The van der Waals surface area contributed by atoms with Crippen molar-refractivity contribution in [1.82, 2.24) is 15.0 Å². The van der Waals surface area contributed by atoms with Gasteiger partial charge in [0.05, 0.1) is 18.4 Å². The van der Waals surface area contributed by atoms with E-state index in [1.54, 1.807) is 20.1 Å². The third kappa shape index (κ3) is 4.13. The largest absolute Gasteiger partial charge is 0.497 e. The van der Waals surface area contributed by atoms with Crippen LogP contribution >= 0.6 is 11.8 Å². The second-order valence-corrected chi connectivity index (χ2v) is 7.59. The summed E-state index contributed by atoms with van der Waals surface area (Å²) in [5, 5.41) is 3.49. The van der Waals surface area contributed by atoms with Crippen molar-refractivity contribution >= 4 is 34.4 Å². The zero-order valence-electron chi connectivity index (χ0n) is 16.4. The van der Waals surface area contributed by atoms with E-state index in [1.165, 1.54) is 30.2 Å². The monoisotopic (exact) mass is 422 g/mol. The predicted molar refractivity (Wildman–Crippen MR) is 116 cm³/mol. The highest BCUT2D eigenvalue weighted by atomic mass is 32.2. The number of nitrogens with zero attached hydrogens (tertiary/aromatic N) is 2. The maximum Gasteiger partial charge on any atom is 0.234 e. The molecule has 0 aliphatic heterocycles. The molecular formula is C22H19FN4O2S. The summed E-state index contributed by atoms with van der Waals surface area (Å²) in [5.74, 6) is 0.428. The number of aromatic nitrogens is 3. The fraction of sp³-hybridized carbons (Fsp3) is 0.136. The van der Waals surface area contributed by atoms with E-state index in [0.717, 1.165) is 27.9 Å². The SMILES string of the molecule is COc1ccc(-c2c[nH]c3c(SCC(=O)Nc4ccc(F)cc4C)ncnc23)cc1. The molecule has 0 unspecified atom stereocenters. The fourth-order valence-corrected chi connectivity index (χ4v) is 3.87. The first-order valence-corrected chi connectivity index (χ1v) is 10.2. The van der Waals surface area contributed by atoms with Crippen LogP contribution in [0.25, 0.3) is 22.2 Å². The van der Waals surface area contributed by atoms with Gasteiger partial charge < -0.3 is 15.0 Å². The summed E-state index contributed by atoms with van der Waals surface area (Å²) in [6.07, 6.45) is 3.38. The highest BCUT2D eigenvalue weighted by Gasteiger charge is 2.14. The van der Waals surface area contributed by atoms with Gasteiger partial charge in [-0.2, -0.15) is 0 Å². The summed E-state index contributed by atoms with van der Waals surface area (Å²) in [5.41, 5.74) is 4.78. The van der Waals surface area contributed by atoms with Gasteiger partial charge in [0.25, 0.3) is 0 Å². The zero-order valence-corrected chi connectivity index (χ0v) is 17.2. The third-order valence-corrected chi connectivity index (χ3v) is 5.62. The molecule has 2 aromatic carbocycles. The maximum atomic E-state index is 13.2. The van der Waals surface area contributed by atoms with Crippen LogP contribution in [0.15, 0.2) is 60.0 Å². The highest BCUT2D eigenvalue weighted by molar-refractivity contribution is 8.00. The first kappa shape index (κ1) is 19.9. The molecule has 0 saturated carbocycles. The molecule has 2 heterocycles. The quantitative estimate of drug-likeness (QED) is 0.344. The van der Waals surface area contributed by atoms with Crippen LogP contribution < -0.4 is 10.1 Å². The van der Waals surface area contributed by atoms with Crippen LogP contribution in [0, 0.1) is 12.7 Å². The Balaban J connectivity index is 1.50. The number of halogens is 1. The average Bonchev–Trinajstić information content (AvgIpc) is 3.19. The Morgan fingerprint density at radius 1 is 1.20 bits per heavy atom. The van der Waals surface area contributed by atoms with Crippen molar-refractivity contribution in [2.45, 2.75) is 11.9 Å². The van der Waals surface area contributed by atoms with Crippen molar-refractivity contribution in [2.24, 2.45) is 0 Å². The molecule has 6 nitrogen and oxygen atoms in total. The van der Waals surface area contributed by atoms with E-state index in [4.69, 9.17) is 4.74 Å². The number of rotatable bonds is 6. The minimum atomic E-state index is -0.331. The lowest BCUT2D eigenvalue weighted by Gasteiger charge is -2.08. The Hall–Kier alpha value is -3.39. The minimum absolute atomic E-state index is 0.166. The van der Waals surface area contributed by atoms with Gasteiger partial charge in [0.15, 0.2) is 0 Å². The Bertz CT molecular complexity index is 1210. The lowest BCUT2D eigenvalue weighted by Crippen LogP contribution is -2.15. The molecule has 4 rings (SSSR count). The molecule has 0 aliphatic carbocycles. The summed E-state index contributed by atoms with van der Waals surface area (Å²) in [6, 6.07) is 12.0. The van der Waals surface area contributed by atoms with Crippen molar-refractivity contribution in [3.63, 3.8) is 0 Å². The van der Waals surface area contributed by atoms with Crippen molar-refractivity contribution in [1.29, 1.82) is 0 Å². The highest BCUT2D eigenvalue weighted by Crippen LogP contribution is 2.32. The van der Waals surface area contributed by atoms with Crippen LogP contribution in [0.3, 0.4) is 0 Å². The van der Waals surface area contributed by atoms with Gasteiger partial charge in [-0.05, 0) is 48.4 Å². The summed E-state index contributed by atoms with van der Waals surface area (Å²) >= 11 is 1.31. The second kappa shape index (κ2) is 8.54. The number of hydrogen-bond donors (Lipinski definition) is 2. The normalized spacial score (nSPS) is 10.9. The molecule has 0 spiro atoms. The Labute approximate surface area is 176 Å². The van der Waals surface area contributed by atoms with Gasteiger partial charge in [-0.3, -0.25) is 4.79 Å². The van der Waals surface area contributed by atoms with Crippen LogP contribution in [0.2, 0.25) is 0 Å². The number of anilines is 1.